The predicted molar refractivity (Wildman–Crippen MR) is 132 cm³/mol. The molecule has 0 radical (unpaired) electrons. The highest BCUT2D eigenvalue weighted by Crippen LogP contribution is 2.38. The molecule has 1 aliphatic carbocycles. The number of rotatable bonds is 6. The summed E-state index contributed by atoms with van der Waals surface area (Å²) in [4.78, 5) is 13.2. The van der Waals surface area contributed by atoms with Crippen LogP contribution in [0.25, 0.3) is 17.2 Å². The molecule has 1 N–H and O–H groups in total. The van der Waals surface area contributed by atoms with E-state index < -0.39 is 38.4 Å². The molecule has 0 bridgehead atoms. The fourth-order valence-electron chi connectivity index (χ4n) is 3.76. The molecule has 1 amide bonds. The minimum atomic E-state index is -4.62. The third-order valence-corrected chi connectivity index (χ3v) is 7.63. The van der Waals surface area contributed by atoms with Gasteiger partial charge in [-0.15, -0.1) is 11.8 Å². The monoisotopic (exact) mass is 533 g/mol. The Morgan fingerprint density at radius 2 is 1.64 bits per heavy atom. The molecule has 3 aromatic carbocycles. The molecule has 10 heteroatoms. The van der Waals surface area contributed by atoms with Gasteiger partial charge in [0.2, 0.25) is 5.91 Å². The number of nitrogens with one attached hydrogen (secondary N) is 1. The van der Waals surface area contributed by atoms with Crippen molar-refractivity contribution in [3.05, 3.63) is 101 Å². The van der Waals surface area contributed by atoms with E-state index >= 15 is 0 Å². The van der Waals surface area contributed by atoms with Crippen molar-refractivity contribution in [2.45, 2.75) is 22.4 Å². The molecule has 1 aliphatic rings. The van der Waals surface area contributed by atoms with Crippen LogP contribution in [0, 0.1) is 5.82 Å². The first kappa shape index (κ1) is 25.7. The first-order valence-electron chi connectivity index (χ1n) is 10.6. The van der Waals surface area contributed by atoms with E-state index in [0.717, 1.165) is 28.2 Å². The van der Waals surface area contributed by atoms with Gasteiger partial charge in [0.1, 0.15) is 5.82 Å². The highest BCUT2D eigenvalue weighted by Gasteiger charge is 2.31. The molecule has 36 heavy (non-hydrogen) atoms. The molecule has 0 fully saturated rings. The third kappa shape index (κ3) is 5.71. The molecule has 0 atom stereocenters. The van der Waals surface area contributed by atoms with Gasteiger partial charge in [-0.25, -0.2) is 17.5 Å². The maximum Gasteiger partial charge on any atom is 0.416 e. The molecule has 0 aliphatic heterocycles. The second-order valence-electron chi connectivity index (χ2n) is 7.96. The van der Waals surface area contributed by atoms with Crippen LogP contribution in [0.4, 0.5) is 17.6 Å². The first-order chi connectivity index (χ1) is 17.0. The zero-order valence-electron chi connectivity index (χ0n) is 18.8. The number of carbonyl (C=O) groups is 1. The summed E-state index contributed by atoms with van der Waals surface area (Å²) in [5.41, 5.74) is 2.18. The van der Waals surface area contributed by atoms with Crippen LogP contribution in [0.3, 0.4) is 0 Å². The van der Waals surface area contributed by atoms with E-state index in [1.807, 2.05) is 41.3 Å². The van der Waals surface area contributed by atoms with Crippen molar-refractivity contribution in [1.82, 2.24) is 4.72 Å². The van der Waals surface area contributed by atoms with Crippen LogP contribution in [-0.2, 0) is 21.0 Å². The number of alkyl halides is 3. The molecule has 4 nitrogen and oxygen atoms in total. The van der Waals surface area contributed by atoms with Crippen LogP contribution in [-0.4, -0.2) is 20.6 Å². The van der Waals surface area contributed by atoms with Gasteiger partial charge in [0, 0.05) is 4.90 Å². The van der Waals surface area contributed by atoms with Crippen LogP contribution >= 0.6 is 11.8 Å². The van der Waals surface area contributed by atoms with Crippen LogP contribution in [0.1, 0.15) is 28.7 Å². The van der Waals surface area contributed by atoms with Gasteiger partial charge in [0.15, 0.2) is 0 Å². The number of hydrogen-bond donors (Lipinski definition) is 1. The van der Waals surface area contributed by atoms with Crippen LogP contribution < -0.4 is 4.72 Å². The number of carbonyl (C=O) groups excluding carboxylic acids is 1. The van der Waals surface area contributed by atoms with Crippen molar-refractivity contribution in [2.75, 3.05) is 6.26 Å². The van der Waals surface area contributed by atoms with Crippen LogP contribution in [0.5, 0.6) is 0 Å². The lowest BCUT2D eigenvalue weighted by Crippen LogP contribution is -2.30. The van der Waals surface area contributed by atoms with Crippen molar-refractivity contribution < 1.29 is 30.8 Å². The lowest BCUT2D eigenvalue weighted by atomic mass is 10.0. The zero-order chi connectivity index (χ0) is 26.1. The number of thioether (sulfide) groups is 1. The van der Waals surface area contributed by atoms with Gasteiger partial charge in [-0.1, -0.05) is 18.2 Å². The van der Waals surface area contributed by atoms with E-state index in [-0.39, 0.29) is 6.42 Å². The van der Waals surface area contributed by atoms with Crippen LogP contribution in [0.2, 0.25) is 0 Å². The number of halogens is 4. The summed E-state index contributed by atoms with van der Waals surface area (Å²) >= 11 is 1.60. The minimum absolute atomic E-state index is 0.376. The maximum absolute atomic E-state index is 14.0. The Morgan fingerprint density at radius 3 is 2.25 bits per heavy atom. The van der Waals surface area contributed by atoms with Gasteiger partial charge in [-0.2, -0.15) is 13.2 Å². The average Bonchev–Trinajstić information content (AvgIpc) is 3.14. The van der Waals surface area contributed by atoms with E-state index in [1.165, 1.54) is 12.1 Å². The summed E-state index contributed by atoms with van der Waals surface area (Å²) in [7, 11) is -4.40. The second-order valence-corrected chi connectivity index (χ2v) is 10.5. The second kappa shape index (κ2) is 9.94. The molecule has 0 heterocycles. The summed E-state index contributed by atoms with van der Waals surface area (Å²) in [6.45, 7) is 0. The molecule has 186 valence electrons. The Kier molecular flexibility index (Phi) is 7.10. The SMILES string of the molecule is CSc1ccc(/C=C2\C=C(CC(=O)NS(=O)(=O)c3ccc(C(F)(F)F)cc3)c3cc(F)ccc32)cc1. The van der Waals surface area contributed by atoms with E-state index in [1.54, 1.807) is 23.9 Å². The van der Waals surface area contributed by atoms with Gasteiger partial charge in [-0.3, -0.25) is 4.79 Å². The third-order valence-electron chi connectivity index (χ3n) is 5.50. The minimum Gasteiger partial charge on any atom is -0.274 e. The standard InChI is InChI=1S/C26H19F4NO3S2/c1-35-21-7-2-16(3-8-21)12-17-13-18(24-15-20(27)6-11-23(17)24)14-25(32)31-36(33,34)22-9-4-19(5-10-22)26(28,29)30/h2-13,15H,14H2,1H3,(H,31,32)/b17-12+. The Balaban J connectivity index is 1.57. The molecule has 0 unspecified atom stereocenters. The molecule has 0 saturated heterocycles. The fourth-order valence-corrected chi connectivity index (χ4v) is 5.16. The summed E-state index contributed by atoms with van der Waals surface area (Å²) in [6, 6.07) is 14.7. The van der Waals surface area contributed by atoms with Gasteiger partial charge in [-0.05, 0) is 94.8 Å². The summed E-state index contributed by atoms with van der Waals surface area (Å²) in [5.74, 6) is -1.41. The quantitative estimate of drug-likeness (QED) is 0.294. The molecular weight excluding hydrogens is 514 g/mol. The van der Waals surface area contributed by atoms with Crippen molar-refractivity contribution >= 4 is 44.9 Å². The van der Waals surface area contributed by atoms with E-state index in [2.05, 4.69) is 0 Å². The van der Waals surface area contributed by atoms with Crippen molar-refractivity contribution in [2.24, 2.45) is 0 Å². The van der Waals surface area contributed by atoms with E-state index in [9.17, 15) is 30.8 Å². The first-order valence-corrected chi connectivity index (χ1v) is 13.3. The zero-order valence-corrected chi connectivity index (χ0v) is 20.4. The Labute approximate surface area is 209 Å². The highest BCUT2D eigenvalue weighted by atomic mass is 32.2. The van der Waals surface area contributed by atoms with Crippen LogP contribution in [0.15, 0.2) is 82.6 Å². The lowest BCUT2D eigenvalue weighted by Gasteiger charge is -2.10. The molecule has 4 rings (SSSR count). The summed E-state index contributed by atoms with van der Waals surface area (Å²) in [6.07, 6.45) is 0.541. The Hall–Kier alpha value is -3.37. The molecular formula is C26H19F4NO3S2. The molecule has 0 saturated carbocycles. The van der Waals surface area contributed by atoms with Crippen molar-refractivity contribution in [3.63, 3.8) is 0 Å². The number of allylic oxidation sites excluding steroid dienone is 2. The van der Waals surface area contributed by atoms with Crippen molar-refractivity contribution in [3.8, 4) is 0 Å². The summed E-state index contributed by atoms with van der Waals surface area (Å²) < 4.78 is 79.2. The normalized spacial score (nSPS) is 14.5. The van der Waals surface area contributed by atoms with Gasteiger partial charge < -0.3 is 0 Å². The molecule has 0 aromatic heterocycles. The number of sulfonamides is 1. The number of amides is 1. The topological polar surface area (TPSA) is 63.2 Å². The molecule has 0 spiro atoms. The average molecular weight is 534 g/mol. The fraction of sp³-hybridized carbons (Fsp3) is 0.115. The van der Waals surface area contributed by atoms with E-state index in [4.69, 9.17) is 0 Å². The van der Waals surface area contributed by atoms with Gasteiger partial charge >= 0.3 is 6.18 Å². The predicted octanol–water partition coefficient (Wildman–Crippen LogP) is 6.40. The lowest BCUT2D eigenvalue weighted by molar-refractivity contribution is -0.137. The van der Waals surface area contributed by atoms with Crippen molar-refractivity contribution in [1.29, 1.82) is 0 Å². The van der Waals surface area contributed by atoms with Gasteiger partial charge in [0.25, 0.3) is 10.0 Å². The maximum atomic E-state index is 14.0. The van der Waals surface area contributed by atoms with Gasteiger partial charge in [0.05, 0.1) is 16.9 Å². The highest BCUT2D eigenvalue weighted by molar-refractivity contribution is 7.98. The Bertz CT molecular complexity index is 1480. The smallest absolute Gasteiger partial charge is 0.274 e. The summed E-state index contributed by atoms with van der Waals surface area (Å²) in [5, 5.41) is 0. The largest absolute Gasteiger partial charge is 0.416 e. The number of benzene rings is 3. The molecule has 3 aromatic rings. The Morgan fingerprint density at radius 1 is 0.972 bits per heavy atom. The number of fused-ring (bicyclic) bond motifs is 1. The number of hydrogen-bond acceptors (Lipinski definition) is 4. The van der Waals surface area contributed by atoms with E-state index in [0.29, 0.717) is 28.8 Å².